The van der Waals surface area contributed by atoms with E-state index < -0.39 is 18.0 Å². The van der Waals surface area contributed by atoms with E-state index in [9.17, 15) is 14.4 Å². The van der Waals surface area contributed by atoms with Crippen LogP contribution in [0.1, 0.15) is 12.8 Å². The highest BCUT2D eigenvalue weighted by Crippen LogP contribution is 2.34. The Kier molecular flexibility index (Phi) is 4.33. The van der Waals surface area contributed by atoms with Gasteiger partial charge in [0.1, 0.15) is 0 Å². The van der Waals surface area contributed by atoms with E-state index in [1.54, 1.807) is 4.90 Å². The van der Waals surface area contributed by atoms with Crippen LogP contribution in [0.4, 0.5) is 5.69 Å². The zero-order valence-corrected chi connectivity index (χ0v) is 12.6. The number of cyclic esters (lactones) is 1. The number of nitrogens with zero attached hydrogens (tertiary/aromatic N) is 1. The van der Waals surface area contributed by atoms with Gasteiger partial charge in [0, 0.05) is 17.9 Å². The fourth-order valence-electron chi connectivity index (χ4n) is 2.40. The number of esters is 2. The number of hydrogen-bond donors (Lipinski definition) is 0. The van der Waals surface area contributed by atoms with Crippen molar-refractivity contribution in [1.82, 2.24) is 0 Å². The fraction of sp³-hybridized carbons (Fsp3) is 0.400. The van der Waals surface area contributed by atoms with Gasteiger partial charge >= 0.3 is 11.9 Å². The molecule has 0 unspecified atom stereocenters. The van der Waals surface area contributed by atoms with Crippen molar-refractivity contribution in [1.29, 1.82) is 0 Å². The summed E-state index contributed by atoms with van der Waals surface area (Å²) in [6, 6.07) is 7.59. The lowest BCUT2D eigenvalue weighted by Crippen LogP contribution is -2.37. The molecule has 116 valence electrons. The van der Waals surface area contributed by atoms with Crippen LogP contribution in [-0.2, 0) is 23.9 Å². The standard InChI is InChI=1S/C15H15NO5S/c17-13-9-22-12-4-2-1-3-10(12)16(13)7-5-14(18)21-11-6-8-20-15(11)19/h1-4,11H,5-9H2/t11-/m0/s1. The Morgan fingerprint density at radius 1 is 1.36 bits per heavy atom. The number of ether oxygens (including phenoxy) is 2. The van der Waals surface area contributed by atoms with Gasteiger partial charge in [-0.05, 0) is 12.1 Å². The van der Waals surface area contributed by atoms with E-state index in [2.05, 4.69) is 0 Å². The van der Waals surface area contributed by atoms with E-state index >= 15 is 0 Å². The van der Waals surface area contributed by atoms with E-state index in [-0.39, 0.29) is 25.5 Å². The van der Waals surface area contributed by atoms with Crippen molar-refractivity contribution in [2.45, 2.75) is 23.8 Å². The number of para-hydroxylation sites is 1. The maximum Gasteiger partial charge on any atom is 0.347 e. The molecule has 7 heteroatoms. The van der Waals surface area contributed by atoms with Crippen molar-refractivity contribution in [2.75, 3.05) is 23.8 Å². The molecule has 0 N–H and O–H groups in total. The van der Waals surface area contributed by atoms with Crippen molar-refractivity contribution in [2.24, 2.45) is 0 Å². The molecule has 2 aliphatic heterocycles. The van der Waals surface area contributed by atoms with Crippen LogP contribution < -0.4 is 4.90 Å². The average Bonchev–Trinajstić information content (AvgIpc) is 2.91. The number of thioether (sulfide) groups is 1. The lowest BCUT2D eigenvalue weighted by Gasteiger charge is -2.28. The molecule has 22 heavy (non-hydrogen) atoms. The number of carbonyl (C=O) groups excluding carboxylic acids is 3. The van der Waals surface area contributed by atoms with Crippen molar-refractivity contribution < 1.29 is 23.9 Å². The molecule has 1 amide bonds. The van der Waals surface area contributed by atoms with Gasteiger partial charge in [-0.25, -0.2) is 4.79 Å². The maximum absolute atomic E-state index is 12.0. The molecular weight excluding hydrogens is 306 g/mol. The highest BCUT2D eigenvalue weighted by atomic mass is 32.2. The van der Waals surface area contributed by atoms with E-state index in [4.69, 9.17) is 9.47 Å². The zero-order valence-electron chi connectivity index (χ0n) is 11.8. The predicted molar refractivity (Wildman–Crippen MR) is 79.6 cm³/mol. The first-order chi connectivity index (χ1) is 10.6. The minimum absolute atomic E-state index is 0.0308. The Balaban J connectivity index is 1.60. The van der Waals surface area contributed by atoms with Crippen molar-refractivity contribution in [3.8, 4) is 0 Å². The van der Waals surface area contributed by atoms with Crippen LogP contribution in [0.15, 0.2) is 29.2 Å². The molecule has 3 rings (SSSR count). The van der Waals surface area contributed by atoms with Crippen LogP contribution >= 0.6 is 11.8 Å². The van der Waals surface area contributed by atoms with E-state index in [1.165, 1.54) is 11.8 Å². The molecular formula is C15H15NO5S. The Morgan fingerprint density at radius 3 is 2.95 bits per heavy atom. The summed E-state index contributed by atoms with van der Waals surface area (Å²) in [6.07, 6.45) is -0.353. The van der Waals surface area contributed by atoms with Gasteiger partial charge in [-0.2, -0.15) is 0 Å². The van der Waals surface area contributed by atoms with Crippen molar-refractivity contribution >= 4 is 35.3 Å². The molecule has 0 radical (unpaired) electrons. The monoisotopic (exact) mass is 321 g/mol. The molecule has 0 aromatic heterocycles. The molecule has 6 nitrogen and oxygen atoms in total. The van der Waals surface area contributed by atoms with E-state index in [0.29, 0.717) is 12.2 Å². The van der Waals surface area contributed by atoms with Crippen LogP contribution in [0.25, 0.3) is 0 Å². The second kappa shape index (κ2) is 6.39. The summed E-state index contributed by atoms with van der Waals surface area (Å²) in [5.41, 5.74) is 0.817. The molecule has 1 aromatic rings. The Labute approximate surface area is 131 Å². The summed E-state index contributed by atoms with van der Waals surface area (Å²) in [4.78, 5) is 37.8. The number of anilines is 1. The normalized spacial score (nSPS) is 20.5. The first kappa shape index (κ1) is 14.9. The van der Waals surface area contributed by atoms with Gasteiger partial charge in [0.05, 0.1) is 24.5 Å². The largest absolute Gasteiger partial charge is 0.463 e. The Hall–Kier alpha value is -2.02. The zero-order chi connectivity index (χ0) is 15.5. The van der Waals surface area contributed by atoms with Crippen molar-refractivity contribution in [3.63, 3.8) is 0 Å². The molecule has 0 aliphatic carbocycles. The smallest absolute Gasteiger partial charge is 0.347 e. The molecule has 0 bridgehead atoms. The summed E-state index contributed by atoms with van der Waals surface area (Å²) < 4.78 is 9.82. The molecule has 1 aromatic carbocycles. The lowest BCUT2D eigenvalue weighted by molar-refractivity contribution is -0.160. The van der Waals surface area contributed by atoms with Crippen molar-refractivity contribution in [3.05, 3.63) is 24.3 Å². The van der Waals surface area contributed by atoms with Crippen LogP contribution in [-0.4, -0.2) is 42.9 Å². The van der Waals surface area contributed by atoms with Crippen LogP contribution in [0.3, 0.4) is 0 Å². The number of rotatable bonds is 4. The second-order valence-electron chi connectivity index (χ2n) is 4.99. The summed E-state index contributed by atoms with van der Waals surface area (Å²) >= 11 is 1.49. The SMILES string of the molecule is O=C(CCN1C(=O)CSc2ccccc21)O[C@H]1CCOC1=O. The summed E-state index contributed by atoms with van der Waals surface area (Å²) in [7, 11) is 0. The average molecular weight is 321 g/mol. The molecule has 1 saturated heterocycles. The molecule has 1 fully saturated rings. The Bertz CT molecular complexity index is 618. The highest BCUT2D eigenvalue weighted by molar-refractivity contribution is 8.00. The fourth-order valence-corrected chi connectivity index (χ4v) is 3.34. The third-order valence-electron chi connectivity index (χ3n) is 3.51. The number of carbonyl (C=O) groups is 3. The van der Waals surface area contributed by atoms with Gasteiger partial charge in [0.15, 0.2) is 0 Å². The summed E-state index contributed by atoms with van der Waals surface area (Å²) in [5.74, 6) is -0.658. The molecule has 1 atom stereocenters. The van der Waals surface area contributed by atoms with E-state index in [1.807, 2.05) is 24.3 Å². The summed E-state index contributed by atoms with van der Waals surface area (Å²) in [5, 5.41) is 0. The van der Waals surface area contributed by atoms with E-state index in [0.717, 1.165) is 10.6 Å². The maximum atomic E-state index is 12.0. The number of benzene rings is 1. The minimum Gasteiger partial charge on any atom is -0.463 e. The van der Waals surface area contributed by atoms with Crippen LogP contribution in [0.2, 0.25) is 0 Å². The van der Waals surface area contributed by atoms with Gasteiger partial charge in [-0.1, -0.05) is 12.1 Å². The summed E-state index contributed by atoms with van der Waals surface area (Å²) in [6.45, 7) is 0.531. The third kappa shape index (κ3) is 3.09. The van der Waals surface area contributed by atoms with Gasteiger partial charge in [0.2, 0.25) is 12.0 Å². The first-order valence-corrected chi connectivity index (χ1v) is 8.02. The Morgan fingerprint density at radius 2 is 2.18 bits per heavy atom. The molecule has 0 spiro atoms. The number of amides is 1. The van der Waals surface area contributed by atoms with Gasteiger partial charge in [0.25, 0.3) is 0 Å². The lowest BCUT2D eigenvalue weighted by atomic mass is 10.2. The van der Waals surface area contributed by atoms with Gasteiger partial charge in [-0.15, -0.1) is 11.8 Å². The molecule has 2 heterocycles. The number of fused-ring (bicyclic) bond motifs is 1. The third-order valence-corrected chi connectivity index (χ3v) is 4.56. The second-order valence-corrected chi connectivity index (χ2v) is 6.00. The molecule has 2 aliphatic rings. The topological polar surface area (TPSA) is 72.9 Å². The van der Waals surface area contributed by atoms with Gasteiger partial charge in [-0.3, -0.25) is 9.59 Å². The quantitative estimate of drug-likeness (QED) is 0.780. The van der Waals surface area contributed by atoms with Crippen LogP contribution in [0.5, 0.6) is 0 Å². The highest BCUT2D eigenvalue weighted by Gasteiger charge is 2.31. The number of hydrogen-bond acceptors (Lipinski definition) is 6. The van der Waals surface area contributed by atoms with Gasteiger partial charge < -0.3 is 14.4 Å². The minimum atomic E-state index is -0.799. The predicted octanol–water partition coefficient (Wildman–Crippen LogP) is 1.37. The van der Waals surface area contributed by atoms with Crippen LogP contribution in [0, 0.1) is 0 Å². The first-order valence-electron chi connectivity index (χ1n) is 7.03. The molecule has 0 saturated carbocycles.